The van der Waals surface area contributed by atoms with E-state index < -0.39 is 0 Å². The second kappa shape index (κ2) is 8.86. The topological polar surface area (TPSA) is 90.1 Å². The lowest BCUT2D eigenvalue weighted by Gasteiger charge is -2.14. The van der Waals surface area contributed by atoms with Crippen molar-refractivity contribution in [1.29, 1.82) is 0 Å². The number of aromatic nitrogens is 1. The lowest BCUT2D eigenvalue weighted by molar-refractivity contribution is 0.174. The van der Waals surface area contributed by atoms with Gasteiger partial charge in [0.15, 0.2) is 17.5 Å². The molecule has 8 nitrogen and oxygen atoms in total. The summed E-state index contributed by atoms with van der Waals surface area (Å²) < 4.78 is 22.0. The minimum Gasteiger partial charge on any atom is -0.475 e. The lowest BCUT2D eigenvalue weighted by Crippen LogP contribution is -2.34. The molecule has 0 amide bonds. The van der Waals surface area contributed by atoms with Crippen LogP contribution in [-0.4, -0.2) is 44.2 Å². The van der Waals surface area contributed by atoms with Crippen LogP contribution in [0.3, 0.4) is 0 Å². The zero-order valence-electron chi connectivity index (χ0n) is 16.1. The molecular formula is C20H26N4O4. The molecule has 1 aromatic heterocycles. The van der Waals surface area contributed by atoms with Crippen molar-refractivity contribution < 1.29 is 18.7 Å². The van der Waals surface area contributed by atoms with Crippen molar-refractivity contribution in [3.05, 3.63) is 35.6 Å². The number of aliphatic imine (C=N–C) groups is 1. The molecule has 2 aliphatic heterocycles. The Morgan fingerprint density at radius 1 is 1.25 bits per heavy atom. The second-order valence-corrected chi connectivity index (χ2v) is 6.84. The van der Waals surface area contributed by atoms with E-state index in [1.807, 2.05) is 12.1 Å². The Hall–Kier alpha value is -2.90. The monoisotopic (exact) mass is 386 g/mol. The van der Waals surface area contributed by atoms with Crippen LogP contribution in [0.5, 0.6) is 17.4 Å². The Morgan fingerprint density at radius 3 is 3.04 bits per heavy atom. The molecule has 1 aromatic carbocycles. The lowest BCUT2D eigenvalue weighted by atomic mass is 9.92. The third kappa shape index (κ3) is 4.49. The Bertz CT molecular complexity index is 820. The SMILES string of the molecule is CCC(Cc1cc(OCCCNC2=NCCN2)no1)c1ccc2c(c1)OCO2. The first-order chi connectivity index (χ1) is 13.8. The molecule has 0 bridgehead atoms. The maximum absolute atomic E-state index is 5.69. The van der Waals surface area contributed by atoms with Crippen molar-refractivity contribution in [3.63, 3.8) is 0 Å². The summed E-state index contributed by atoms with van der Waals surface area (Å²) in [4.78, 5) is 4.29. The highest BCUT2D eigenvalue weighted by Gasteiger charge is 2.19. The van der Waals surface area contributed by atoms with Crippen molar-refractivity contribution in [2.24, 2.45) is 4.99 Å². The minimum atomic E-state index is 0.290. The molecule has 0 aliphatic carbocycles. The second-order valence-electron chi connectivity index (χ2n) is 6.84. The summed E-state index contributed by atoms with van der Waals surface area (Å²) in [6, 6.07) is 7.99. The number of benzene rings is 1. The molecule has 0 fully saturated rings. The predicted molar refractivity (Wildman–Crippen MR) is 104 cm³/mol. The fourth-order valence-corrected chi connectivity index (χ4v) is 3.34. The molecule has 8 heteroatoms. The quantitative estimate of drug-likeness (QED) is 0.640. The molecule has 0 saturated heterocycles. The number of guanidine groups is 1. The maximum Gasteiger partial charge on any atom is 0.254 e. The normalized spacial score (nSPS) is 15.8. The number of ether oxygens (including phenoxy) is 3. The van der Waals surface area contributed by atoms with Gasteiger partial charge in [0.1, 0.15) is 5.76 Å². The summed E-state index contributed by atoms with van der Waals surface area (Å²) in [7, 11) is 0. The van der Waals surface area contributed by atoms with Crippen LogP contribution in [-0.2, 0) is 6.42 Å². The number of hydrogen-bond acceptors (Lipinski definition) is 8. The Balaban J connectivity index is 1.25. The molecule has 4 rings (SSSR count). The van der Waals surface area contributed by atoms with Crippen molar-refractivity contribution >= 4 is 5.96 Å². The van der Waals surface area contributed by atoms with Gasteiger partial charge in [0.05, 0.1) is 13.2 Å². The van der Waals surface area contributed by atoms with Crippen LogP contribution in [0.1, 0.15) is 37.0 Å². The van der Waals surface area contributed by atoms with E-state index in [9.17, 15) is 0 Å². The predicted octanol–water partition coefficient (Wildman–Crippen LogP) is 2.46. The van der Waals surface area contributed by atoms with Crippen molar-refractivity contribution in [1.82, 2.24) is 15.8 Å². The van der Waals surface area contributed by atoms with Gasteiger partial charge in [-0.2, -0.15) is 0 Å². The van der Waals surface area contributed by atoms with E-state index in [0.717, 1.165) is 62.1 Å². The van der Waals surface area contributed by atoms with Gasteiger partial charge in [-0.3, -0.25) is 4.99 Å². The molecular weight excluding hydrogens is 360 g/mol. The Morgan fingerprint density at radius 2 is 2.18 bits per heavy atom. The highest BCUT2D eigenvalue weighted by Crippen LogP contribution is 2.36. The molecule has 0 spiro atoms. The smallest absolute Gasteiger partial charge is 0.254 e. The van der Waals surface area contributed by atoms with Gasteiger partial charge in [0, 0.05) is 25.6 Å². The first-order valence-electron chi connectivity index (χ1n) is 9.82. The van der Waals surface area contributed by atoms with Crippen LogP contribution < -0.4 is 24.8 Å². The van der Waals surface area contributed by atoms with Crippen LogP contribution in [0, 0.1) is 0 Å². The molecule has 0 saturated carbocycles. The third-order valence-electron chi connectivity index (χ3n) is 4.88. The van der Waals surface area contributed by atoms with Crippen LogP contribution in [0.15, 0.2) is 33.8 Å². The molecule has 3 heterocycles. The molecule has 28 heavy (non-hydrogen) atoms. The van der Waals surface area contributed by atoms with E-state index in [1.165, 1.54) is 5.56 Å². The van der Waals surface area contributed by atoms with Crippen LogP contribution in [0.25, 0.3) is 0 Å². The van der Waals surface area contributed by atoms with Crippen LogP contribution >= 0.6 is 0 Å². The Labute approximate surface area is 164 Å². The van der Waals surface area contributed by atoms with Crippen LogP contribution in [0.4, 0.5) is 0 Å². The van der Waals surface area contributed by atoms with Gasteiger partial charge in [0.25, 0.3) is 5.88 Å². The molecule has 150 valence electrons. The van der Waals surface area contributed by atoms with E-state index in [-0.39, 0.29) is 0 Å². The van der Waals surface area contributed by atoms with Crippen LogP contribution in [0.2, 0.25) is 0 Å². The fraction of sp³-hybridized carbons (Fsp3) is 0.500. The summed E-state index contributed by atoms with van der Waals surface area (Å²) in [6.07, 6.45) is 2.61. The molecule has 2 aliphatic rings. The van der Waals surface area contributed by atoms with Gasteiger partial charge in [-0.15, -0.1) is 0 Å². The number of hydrogen-bond donors (Lipinski definition) is 2. The molecule has 2 aromatic rings. The number of nitrogens with one attached hydrogen (secondary N) is 2. The first-order valence-corrected chi connectivity index (χ1v) is 9.82. The summed E-state index contributed by atoms with van der Waals surface area (Å²) in [5.41, 5.74) is 1.21. The first kappa shape index (κ1) is 18.5. The van der Waals surface area contributed by atoms with Gasteiger partial charge in [-0.25, -0.2) is 0 Å². The van der Waals surface area contributed by atoms with Gasteiger partial charge < -0.3 is 29.4 Å². The van der Waals surface area contributed by atoms with E-state index >= 15 is 0 Å². The molecule has 0 radical (unpaired) electrons. The molecule has 2 N–H and O–H groups in total. The Kier molecular flexibility index (Phi) is 5.84. The highest BCUT2D eigenvalue weighted by molar-refractivity contribution is 5.81. The van der Waals surface area contributed by atoms with Crippen molar-refractivity contribution in [2.75, 3.05) is 33.0 Å². The zero-order valence-corrected chi connectivity index (χ0v) is 16.1. The van der Waals surface area contributed by atoms with Crippen molar-refractivity contribution in [3.8, 4) is 17.4 Å². The summed E-state index contributed by atoms with van der Waals surface area (Å²) >= 11 is 0. The highest BCUT2D eigenvalue weighted by atomic mass is 16.7. The van der Waals surface area contributed by atoms with E-state index in [1.54, 1.807) is 0 Å². The van der Waals surface area contributed by atoms with Gasteiger partial charge >= 0.3 is 0 Å². The number of rotatable bonds is 9. The van der Waals surface area contributed by atoms with Crippen molar-refractivity contribution in [2.45, 2.75) is 32.1 Å². The number of fused-ring (bicyclic) bond motifs is 1. The zero-order chi connectivity index (χ0) is 19.2. The minimum absolute atomic E-state index is 0.290. The summed E-state index contributed by atoms with van der Waals surface area (Å²) in [5, 5.41) is 10.4. The van der Waals surface area contributed by atoms with E-state index in [2.05, 4.69) is 39.8 Å². The third-order valence-corrected chi connectivity index (χ3v) is 4.88. The largest absolute Gasteiger partial charge is 0.475 e. The molecule has 1 unspecified atom stereocenters. The standard InChI is InChI=1S/C20H26N4O4/c1-2-14(15-4-5-17-18(11-15)27-13-26-17)10-16-12-19(24-28-16)25-9-3-6-21-20-22-7-8-23-20/h4-5,11-12,14H,2-3,6-10,13H2,1H3,(H2,21,22,23). The summed E-state index contributed by atoms with van der Waals surface area (Å²) in [6.45, 7) is 5.58. The molecule has 1 atom stereocenters. The van der Waals surface area contributed by atoms with E-state index in [0.29, 0.717) is 25.2 Å². The average Bonchev–Trinajstić information content (AvgIpc) is 3.47. The van der Waals surface area contributed by atoms with Gasteiger partial charge in [-0.1, -0.05) is 13.0 Å². The number of nitrogens with zero attached hydrogens (tertiary/aromatic N) is 2. The summed E-state index contributed by atoms with van der Waals surface area (Å²) in [5.74, 6) is 4.16. The average molecular weight is 386 g/mol. The van der Waals surface area contributed by atoms with Gasteiger partial charge in [0.2, 0.25) is 6.79 Å². The maximum atomic E-state index is 5.69. The van der Waals surface area contributed by atoms with Gasteiger partial charge in [-0.05, 0) is 41.6 Å². The van der Waals surface area contributed by atoms with E-state index in [4.69, 9.17) is 18.7 Å². The fourth-order valence-electron chi connectivity index (χ4n) is 3.34.